The first-order valence-electron chi connectivity index (χ1n) is 16.0. The zero-order valence-electron chi connectivity index (χ0n) is 25.4. The van der Waals surface area contributed by atoms with Crippen molar-refractivity contribution in [2.45, 2.75) is 38.5 Å². The predicted molar refractivity (Wildman–Crippen MR) is 170 cm³/mol. The molecule has 2 heterocycles. The summed E-state index contributed by atoms with van der Waals surface area (Å²) in [5.41, 5.74) is 3.96. The minimum absolute atomic E-state index is 0.0356. The second-order valence-corrected chi connectivity index (χ2v) is 13.6. The van der Waals surface area contributed by atoms with Crippen LogP contribution in [-0.4, -0.2) is 71.5 Å². The van der Waals surface area contributed by atoms with Crippen LogP contribution in [0.25, 0.3) is 0 Å². The molecule has 2 aromatic carbocycles. The highest BCUT2D eigenvalue weighted by atomic mass is 16.3. The maximum absolute atomic E-state index is 13.5. The Morgan fingerprint density at radius 1 is 0.909 bits per heavy atom. The van der Waals surface area contributed by atoms with Gasteiger partial charge in [0.05, 0.1) is 11.8 Å². The van der Waals surface area contributed by atoms with Gasteiger partial charge in [0, 0.05) is 68.3 Å². The number of carbonyl (C=O) groups is 2. The van der Waals surface area contributed by atoms with Gasteiger partial charge in [-0.1, -0.05) is 24.0 Å². The van der Waals surface area contributed by atoms with Crippen LogP contribution in [0.4, 0.5) is 5.69 Å². The lowest BCUT2D eigenvalue weighted by molar-refractivity contribution is -0.0629. The SMILES string of the molecule is CN(CC12CC3CC(CC(C3)C1)C2)C(=O)c1ccc(N2CCN(C(=O)c3ccccc3C#Cc3cncc(O)c3)CC2)cc1. The van der Waals surface area contributed by atoms with Crippen LogP contribution in [0.2, 0.25) is 0 Å². The maximum atomic E-state index is 13.5. The van der Waals surface area contributed by atoms with Gasteiger partial charge in [-0.05, 0) is 104 Å². The fourth-order valence-corrected chi connectivity index (χ4v) is 8.85. The molecule has 0 spiro atoms. The van der Waals surface area contributed by atoms with Gasteiger partial charge in [0.25, 0.3) is 11.8 Å². The van der Waals surface area contributed by atoms with Crippen LogP contribution < -0.4 is 4.90 Å². The molecule has 5 fully saturated rings. The first kappa shape index (κ1) is 28.5. The molecule has 4 aliphatic carbocycles. The van der Waals surface area contributed by atoms with Crippen molar-refractivity contribution in [2.75, 3.05) is 44.7 Å². The van der Waals surface area contributed by atoms with Gasteiger partial charge in [0.1, 0.15) is 5.75 Å². The van der Waals surface area contributed by atoms with E-state index in [-0.39, 0.29) is 17.6 Å². The summed E-state index contributed by atoms with van der Waals surface area (Å²) in [7, 11) is 1.98. The third-order valence-corrected chi connectivity index (χ3v) is 10.4. The molecule has 226 valence electrons. The fraction of sp³-hybridized carbons (Fsp3) is 0.432. The predicted octanol–water partition coefficient (Wildman–Crippen LogP) is 5.44. The first-order chi connectivity index (χ1) is 21.3. The molecule has 8 rings (SSSR count). The van der Waals surface area contributed by atoms with Crippen LogP contribution in [0.15, 0.2) is 67.0 Å². The van der Waals surface area contributed by atoms with E-state index in [2.05, 4.69) is 21.7 Å². The summed E-state index contributed by atoms with van der Waals surface area (Å²) in [5.74, 6) is 8.88. The van der Waals surface area contributed by atoms with Gasteiger partial charge in [0.15, 0.2) is 0 Å². The molecule has 4 bridgehead atoms. The van der Waals surface area contributed by atoms with Crippen LogP contribution in [0.3, 0.4) is 0 Å². The maximum Gasteiger partial charge on any atom is 0.255 e. The Morgan fingerprint density at radius 3 is 2.23 bits per heavy atom. The highest BCUT2D eigenvalue weighted by Gasteiger charge is 2.51. The molecular formula is C37H40N4O3. The summed E-state index contributed by atoms with van der Waals surface area (Å²) >= 11 is 0. The van der Waals surface area contributed by atoms with E-state index in [1.807, 2.05) is 65.4 Å². The number of nitrogens with zero attached hydrogens (tertiary/aromatic N) is 4. The normalized spacial score (nSPS) is 25.3. The third kappa shape index (κ3) is 5.78. The molecule has 0 unspecified atom stereocenters. The largest absolute Gasteiger partial charge is 0.506 e. The van der Waals surface area contributed by atoms with Gasteiger partial charge in [0.2, 0.25) is 0 Å². The fourth-order valence-electron chi connectivity index (χ4n) is 8.85. The lowest BCUT2D eigenvalue weighted by Crippen LogP contribution is -2.51. The highest BCUT2D eigenvalue weighted by molar-refractivity contribution is 5.97. The second-order valence-electron chi connectivity index (χ2n) is 13.6. The number of piperazine rings is 1. The van der Waals surface area contributed by atoms with E-state index in [1.165, 1.54) is 44.7 Å². The van der Waals surface area contributed by atoms with Crippen molar-refractivity contribution in [3.63, 3.8) is 0 Å². The first-order valence-corrected chi connectivity index (χ1v) is 16.0. The zero-order valence-corrected chi connectivity index (χ0v) is 25.4. The van der Waals surface area contributed by atoms with Gasteiger partial charge in [-0.25, -0.2) is 0 Å². The van der Waals surface area contributed by atoms with Crippen molar-refractivity contribution in [1.29, 1.82) is 0 Å². The Labute approximate surface area is 259 Å². The summed E-state index contributed by atoms with van der Waals surface area (Å²) < 4.78 is 0. The Bertz CT molecular complexity index is 1580. The molecule has 2 amide bonds. The number of pyridine rings is 1. The number of rotatable bonds is 5. The minimum atomic E-state index is -0.0356. The smallest absolute Gasteiger partial charge is 0.255 e. The Kier molecular flexibility index (Phi) is 7.53. The molecule has 1 N–H and O–H groups in total. The second kappa shape index (κ2) is 11.6. The van der Waals surface area contributed by atoms with Crippen LogP contribution >= 0.6 is 0 Å². The zero-order chi connectivity index (χ0) is 30.3. The van der Waals surface area contributed by atoms with Crippen LogP contribution in [0, 0.1) is 35.0 Å². The number of hydrogen-bond acceptors (Lipinski definition) is 5. The van der Waals surface area contributed by atoms with E-state index in [1.54, 1.807) is 12.3 Å². The molecule has 1 aliphatic heterocycles. The summed E-state index contributed by atoms with van der Waals surface area (Å²) in [6.07, 6.45) is 11.1. The third-order valence-electron chi connectivity index (χ3n) is 10.4. The van der Waals surface area contributed by atoms with Crippen LogP contribution in [0.5, 0.6) is 5.75 Å². The molecule has 1 saturated heterocycles. The van der Waals surface area contributed by atoms with E-state index in [0.29, 0.717) is 48.3 Å². The Hall–Kier alpha value is -4.31. The number of carbonyl (C=O) groups excluding carboxylic acids is 2. The van der Waals surface area contributed by atoms with Gasteiger partial charge in [-0.2, -0.15) is 0 Å². The molecule has 5 aliphatic rings. The molecule has 1 aromatic heterocycles. The molecule has 0 radical (unpaired) electrons. The quantitative estimate of drug-likeness (QED) is 0.402. The topological polar surface area (TPSA) is 77.0 Å². The van der Waals surface area contributed by atoms with E-state index in [9.17, 15) is 14.7 Å². The average molecular weight is 589 g/mol. The minimum Gasteiger partial charge on any atom is -0.506 e. The molecule has 44 heavy (non-hydrogen) atoms. The van der Waals surface area contributed by atoms with Crippen molar-refractivity contribution >= 4 is 17.5 Å². The van der Waals surface area contributed by atoms with Crippen molar-refractivity contribution in [1.82, 2.24) is 14.8 Å². The van der Waals surface area contributed by atoms with Crippen LogP contribution in [0.1, 0.15) is 70.4 Å². The standard InChI is InChI=1S/C37H40N4O3/c1-39(25-37-20-27-16-28(21-37)18-29(17-27)22-37)35(43)31-8-10-32(11-9-31)40-12-14-41(15-13-40)36(44)34-5-3-2-4-30(34)7-6-26-19-33(42)24-38-23-26/h2-5,8-11,19,23-24,27-29,42H,12-18,20-22,25H2,1H3. The van der Waals surface area contributed by atoms with Crippen molar-refractivity contribution in [3.05, 3.63) is 89.2 Å². The van der Waals surface area contributed by atoms with E-state index in [0.717, 1.165) is 35.5 Å². The monoisotopic (exact) mass is 588 g/mol. The highest BCUT2D eigenvalue weighted by Crippen LogP contribution is 2.60. The number of anilines is 1. The molecule has 7 nitrogen and oxygen atoms in total. The number of benzene rings is 2. The van der Waals surface area contributed by atoms with Gasteiger partial charge >= 0.3 is 0 Å². The molecule has 4 saturated carbocycles. The molecule has 0 atom stereocenters. The molecule has 7 heteroatoms. The summed E-state index contributed by atoms with van der Waals surface area (Å²) in [5, 5.41) is 9.66. The molecule has 3 aromatic rings. The van der Waals surface area contributed by atoms with Crippen molar-refractivity contribution in [3.8, 4) is 17.6 Å². The van der Waals surface area contributed by atoms with Gasteiger partial charge in [-0.3, -0.25) is 14.6 Å². The van der Waals surface area contributed by atoms with Crippen molar-refractivity contribution < 1.29 is 14.7 Å². The van der Waals surface area contributed by atoms with Crippen LogP contribution in [-0.2, 0) is 0 Å². The molecular weight excluding hydrogens is 548 g/mol. The summed E-state index contributed by atoms with van der Waals surface area (Å²) in [6.45, 7) is 3.52. The average Bonchev–Trinajstić information content (AvgIpc) is 3.02. The van der Waals surface area contributed by atoms with E-state index < -0.39 is 0 Å². The summed E-state index contributed by atoms with van der Waals surface area (Å²) in [4.78, 5) is 37.0. The number of amides is 2. The van der Waals surface area contributed by atoms with Crippen molar-refractivity contribution in [2.24, 2.45) is 23.2 Å². The van der Waals surface area contributed by atoms with E-state index in [4.69, 9.17) is 0 Å². The Balaban J connectivity index is 0.955. The number of hydrogen-bond donors (Lipinski definition) is 1. The Morgan fingerprint density at radius 2 is 1.57 bits per heavy atom. The van der Waals surface area contributed by atoms with E-state index >= 15 is 0 Å². The number of aromatic hydroxyl groups is 1. The summed E-state index contributed by atoms with van der Waals surface area (Å²) in [6, 6.07) is 16.9. The van der Waals surface area contributed by atoms with Gasteiger partial charge < -0.3 is 19.8 Å². The lowest BCUT2D eigenvalue weighted by atomic mass is 9.49. The van der Waals surface area contributed by atoms with Gasteiger partial charge in [-0.15, -0.1) is 0 Å². The lowest BCUT2D eigenvalue weighted by Gasteiger charge is -2.57. The number of aromatic nitrogens is 1.